The molecule has 0 N–H and O–H groups in total. The molecule has 0 spiro atoms. The van der Waals surface area contributed by atoms with Crippen molar-refractivity contribution < 1.29 is 9.53 Å². The first-order valence-electron chi connectivity index (χ1n) is 9.84. The van der Waals surface area contributed by atoms with E-state index in [0.717, 1.165) is 54.9 Å². The average molecular weight is 377 g/mol. The lowest BCUT2D eigenvalue weighted by molar-refractivity contribution is 0.0964. The van der Waals surface area contributed by atoms with E-state index < -0.39 is 0 Å². The van der Waals surface area contributed by atoms with Crippen LogP contribution in [0.5, 0.6) is 5.75 Å². The summed E-state index contributed by atoms with van der Waals surface area (Å²) in [5.41, 5.74) is 3.18. The predicted octanol–water partition coefficient (Wildman–Crippen LogP) is 3.58. The maximum Gasteiger partial charge on any atom is 0.166 e. The lowest BCUT2D eigenvalue weighted by atomic mass is 10.1. The SMILES string of the molecule is COc1ccc(N2CCN(CCC(=O)c3cn(C)c4ccccc34)CC2)cc1. The first kappa shape index (κ1) is 18.6. The van der Waals surface area contributed by atoms with Gasteiger partial charge < -0.3 is 14.2 Å². The van der Waals surface area contributed by atoms with E-state index >= 15 is 0 Å². The topological polar surface area (TPSA) is 37.7 Å². The third-order valence-corrected chi connectivity index (χ3v) is 5.66. The minimum atomic E-state index is 0.231. The number of carbonyl (C=O) groups excluding carboxylic acids is 1. The van der Waals surface area contributed by atoms with Crippen molar-refractivity contribution in [2.45, 2.75) is 6.42 Å². The summed E-state index contributed by atoms with van der Waals surface area (Å²) in [5.74, 6) is 1.11. The van der Waals surface area contributed by atoms with Gasteiger partial charge in [0.15, 0.2) is 5.78 Å². The summed E-state index contributed by atoms with van der Waals surface area (Å²) in [6.45, 7) is 4.74. The highest BCUT2D eigenvalue weighted by atomic mass is 16.5. The number of benzene rings is 2. The van der Waals surface area contributed by atoms with Gasteiger partial charge in [-0.05, 0) is 30.3 Å². The molecule has 1 aliphatic heterocycles. The number of para-hydroxylation sites is 1. The first-order chi connectivity index (χ1) is 13.7. The van der Waals surface area contributed by atoms with E-state index in [1.165, 1.54) is 5.69 Å². The summed E-state index contributed by atoms with van der Waals surface area (Å²) in [5, 5.41) is 1.05. The van der Waals surface area contributed by atoms with Crippen LogP contribution in [0.1, 0.15) is 16.8 Å². The van der Waals surface area contributed by atoms with Crippen LogP contribution < -0.4 is 9.64 Å². The molecular weight excluding hydrogens is 350 g/mol. The van der Waals surface area contributed by atoms with E-state index in [0.29, 0.717) is 6.42 Å². The Labute approximate surface area is 166 Å². The second kappa shape index (κ2) is 8.07. The minimum absolute atomic E-state index is 0.231. The van der Waals surface area contributed by atoms with Crippen LogP contribution in [0.25, 0.3) is 10.9 Å². The first-order valence-corrected chi connectivity index (χ1v) is 9.84. The lowest BCUT2D eigenvalue weighted by Crippen LogP contribution is -2.46. The number of piperazine rings is 1. The monoisotopic (exact) mass is 377 g/mol. The van der Waals surface area contributed by atoms with Gasteiger partial charge in [0, 0.05) is 74.5 Å². The fourth-order valence-corrected chi connectivity index (χ4v) is 3.98. The summed E-state index contributed by atoms with van der Waals surface area (Å²) >= 11 is 0. The smallest absolute Gasteiger partial charge is 0.166 e. The molecule has 0 amide bonds. The van der Waals surface area contributed by atoms with Crippen molar-refractivity contribution in [2.24, 2.45) is 7.05 Å². The second-order valence-electron chi connectivity index (χ2n) is 7.37. The molecule has 28 heavy (non-hydrogen) atoms. The zero-order valence-electron chi connectivity index (χ0n) is 16.6. The van der Waals surface area contributed by atoms with Gasteiger partial charge >= 0.3 is 0 Å². The molecule has 146 valence electrons. The number of aryl methyl sites for hydroxylation is 1. The Morgan fingerprint density at radius 1 is 1.00 bits per heavy atom. The molecule has 1 aromatic heterocycles. The van der Waals surface area contributed by atoms with Crippen LogP contribution in [0.3, 0.4) is 0 Å². The predicted molar refractivity (Wildman–Crippen MR) is 114 cm³/mol. The van der Waals surface area contributed by atoms with Gasteiger partial charge in [0.2, 0.25) is 0 Å². The normalized spacial score (nSPS) is 15.1. The number of hydrogen-bond acceptors (Lipinski definition) is 4. The van der Waals surface area contributed by atoms with Crippen molar-refractivity contribution >= 4 is 22.4 Å². The van der Waals surface area contributed by atoms with E-state index in [1.54, 1.807) is 7.11 Å². The summed E-state index contributed by atoms with van der Waals surface area (Å²) in [4.78, 5) is 17.6. The number of fused-ring (bicyclic) bond motifs is 1. The molecule has 1 aliphatic rings. The Bertz CT molecular complexity index is 954. The third-order valence-electron chi connectivity index (χ3n) is 5.66. The van der Waals surface area contributed by atoms with Gasteiger partial charge in [-0.15, -0.1) is 0 Å². The molecule has 0 aliphatic carbocycles. The van der Waals surface area contributed by atoms with Crippen LogP contribution in [-0.4, -0.2) is 55.1 Å². The van der Waals surface area contributed by atoms with Crippen molar-refractivity contribution in [1.29, 1.82) is 0 Å². The van der Waals surface area contributed by atoms with E-state index in [4.69, 9.17) is 4.74 Å². The van der Waals surface area contributed by atoms with E-state index in [1.807, 2.05) is 48.1 Å². The van der Waals surface area contributed by atoms with Gasteiger partial charge in [-0.1, -0.05) is 18.2 Å². The van der Waals surface area contributed by atoms with Crippen molar-refractivity contribution in [2.75, 3.05) is 44.7 Å². The zero-order chi connectivity index (χ0) is 19.5. The number of aromatic nitrogens is 1. The molecule has 1 fully saturated rings. The van der Waals surface area contributed by atoms with Gasteiger partial charge in [0.25, 0.3) is 0 Å². The van der Waals surface area contributed by atoms with E-state index in [-0.39, 0.29) is 5.78 Å². The maximum absolute atomic E-state index is 12.8. The quantitative estimate of drug-likeness (QED) is 0.616. The molecule has 0 saturated carbocycles. The molecule has 1 saturated heterocycles. The van der Waals surface area contributed by atoms with Crippen LogP contribution in [0.2, 0.25) is 0 Å². The fraction of sp³-hybridized carbons (Fsp3) is 0.348. The molecule has 0 unspecified atom stereocenters. The maximum atomic E-state index is 12.8. The summed E-state index contributed by atoms with van der Waals surface area (Å²) in [6, 6.07) is 16.3. The Hall–Kier alpha value is -2.79. The summed E-state index contributed by atoms with van der Waals surface area (Å²) in [6.07, 6.45) is 2.53. The highest BCUT2D eigenvalue weighted by Crippen LogP contribution is 2.23. The molecule has 0 atom stereocenters. The number of methoxy groups -OCH3 is 1. The average Bonchev–Trinajstić information content (AvgIpc) is 3.09. The molecule has 5 heteroatoms. The molecule has 4 rings (SSSR count). The molecule has 0 radical (unpaired) electrons. The number of ketones is 1. The largest absolute Gasteiger partial charge is 0.497 e. The van der Waals surface area contributed by atoms with Gasteiger partial charge in [0.05, 0.1) is 7.11 Å². The number of rotatable bonds is 6. The standard InChI is InChI=1S/C23H27N3O2/c1-24-17-21(20-5-3-4-6-22(20)24)23(27)11-12-25-13-15-26(16-14-25)18-7-9-19(28-2)10-8-18/h3-10,17H,11-16H2,1-2H3. The molecular formula is C23H27N3O2. The van der Waals surface area contributed by atoms with Crippen LogP contribution in [0.15, 0.2) is 54.7 Å². The van der Waals surface area contributed by atoms with E-state index in [9.17, 15) is 4.79 Å². The fourth-order valence-electron chi connectivity index (χ4n) is 3.98. The van der Waals surface area contributed by atoms with Gasteiger partial charge in [0.1, 0.15) is 5.75 Å². The highest BCUT2D eigenvalue weighted by molar-refractivity contribution is 6.08. The zero-order valence-corrected chi connectivity index (χ0v) is 16.6. The molecule has 2 heterocycles. The molecule has 0 bridgehead atoms. The Kier molecular flexibility index (Phi) is 5.35. The van der Waals surface area contributed by atoms with Gasteiger partial charge in [-0.25, -0.2) is 0 Å². The van der Waals surface area contributed by atoms with Crippen molar-refractivity contribution in [3.63, 3.8) is 0 Å². The van der Waals surface area contributed by atoms with Crippen molar-refractivity contribution in [3.05, 3.63) is 60.3 Å². The Morgan fingerprint density at radius 2 is 1.71 bits per heavy atom. The minimum Gasteiger partial charge on any atom is -0.497 e. The molecule has 3 aromatic rings. The van der Waals surface area contributed by atoms with Gasteiger partial charge in [-0.2, -0.15) is 0 Å². The number of hydrogen-bond donors (Lipinski definition) is 0. The third kappa shape index (κ3) is 3.76. The summed E-state index contributed by atoms with van der Waals surface area (Å²) in [7, 11) is 3.69. The second-order valence-corrected chi connectivity index (χ2v) is 7.37. The highest BCUT2D eigenvalue weighted by Gasteiger charge is 2.19. The van der Waals surface area contributed by atoms with Crippen LogP contribution in [-0.2, 0) is 7.05 Å². The van der Waals surface area contributed by atoms with Crippen LogP contribution in [0, 0.1) is 0 Å². The van der Waals surface area contributed by atoms with E-state index in [2.05, 4.69) is 28.0 Å². The Balaban J connectivity index is 1.32. The number of ether oxygens (including phenoxy) is 1. The number of anilines is 1. The molecule has 5 nitrogen and oxygen atoms in total. The number of carbonyl (C=O) groups is 1. The van der Waals surface area contributed by atoms with Crippen molar-refractivity contribution in [3.8, 4) is 5.75 Å². The van der Waals surface area contributed by atoms with Crippen molar-refractivity contribution in [1.82, 2.24) is 9.47 Å². The number of Topliss-reactive ketones (excluding diaryl/α,β-unsaturated/α-hetero) is 1. The Morgan fingerprint density at radius 3 is 2.43 bits per heavy atom. The van der Waals surface area contributed by atoms with Crippen LogP contribution in [0.4, 0.5) is 5.69 Å². The number of nitrogens with zero attached hydrogens (tertiary/aromatic N) is 3. The van der Waals surface area contributed by atoms with Crippen LogP contribution >= 0.6 is 0 Å². The summed E-state index contributed by atoms with van der Waals surface area (Å²) < 4.78 is 7.27. The van der Waals surface area contributed by atoms with Gasteiger partial charge in [-0.3, -0.25) is 9.69 Å². The molecule has 2 aromatic carbocycles. The lowest BCUT2D eigenvalue weighted by Gasteiger charge is -2.36.